The SMILES string of the molecule is COC(=O)C(C1CC1)N1CCC(C(C)(C)C)C1. The third-order valence-corrected chi connectivity index (χ3v) is 4.35. The molecule has 0 radical (unpaired) electrons. The Morgan fingerprint density at radius 3 is 2.35 bits per heavy atom. The molecule has 0 aromatic rings. The van der Waals surface area contributed by atoms with Crippen LogP contribution in [0.15, 0.2) is 0 Å². The second kappa shape index (κ2) is 4.60. The van der Waals surface area contributed by atoms with Gasteiger partial charge in [0.05, 0.1) is 7.11 Å². The van der Waals surface area contributed by atoms with Gasteiger partial charge in [0.25, 0.3) is 0 Å². The number of hydrogen-bond acceptors (Lipinski definition) is 3. The van der Waals surface area contributed by atoms with E-state index in [-0.39, 0.29) is 12.0 Å². The number of carbonyl (C=O) groups is 1. The molecule has 1 saturated carbocycles. The van der Waals surface area contributed by atoms with Crippen molar-refractivity contribution in [2.75, 3.05) is 20.2 Å². The summed E-state index contributed by atoms with van der Waals surface area (Å²) in [5.74, 6) is 1.23. The summed E-state index contributed by atoms with van der Waals surface area (Å²) in [6.45, 7) is 9.00. The molecule has 3 heteroatoms. The fourth-order valence-electron chi connectivity index (χ4n) is 2.92. The maximum absolute atomic E-state index is 11.9. The van der Waals surface area contributed by atoms with Gasteiger partial charge in [0, 0.05) is 6.54 Å². The van der Waals surface area contributed by atoms with Crippen LogP contribution in [0.25, 0.3) is 0 Å². The fourth-order valence-corrected chi connectivity index (χ4v) is 2.92. The van der Waals surface area contributed by atoms with Crippen molar-refractivity contribution >= 4 is 5.97 Å². The van der Waals surface area contributed by atoms with Crippen LogP contribution in [0.4, 0.5) is 0 Å². The molecular formula is C14H25NO2. The molecule has 2 aliphatic rings. The first-order valence-electron chi connectivity index (χ1n) is 6.75. The monoisotopic (exact) mass is 239 g/mol. The fraction of sp³-hybridized carbons (Fsp3) is 0.929. The van der Waals surface area contributed by atoms with Crippen LogP contribution in [0.1, 0.15) is 40.0 Å². The highest BCUT2D eigenvalue weighted by molar-refractivity contribution is 5.76. The molecule has 0 aromatic carbocycles. The molecular weight excluding hydrogens is 214 g/mol. The van der Waals surface area contributed by atoms with Gasteiger partial charge < -0.3 is 4.74 Å². The van der Waals surface area contributed by atoms with Crippen molar-refractivity contribution in [3.05, 3.63) is 0 Å². The molecule has 0 N–H and O–H groups in total. The van der Waals surface area contributed by atoms with Gasteiger partial charge in [-0.15, -0.1) is 0 Å². The molecule has 2 fully saturated rings. The zero-order valence-corrected chi connectivity index (χ0v) is 11.5. The number of carbonyl (C=O) groups excluding carboxylic acids is 1. The second-order valence-corrected chi connectivity index (χ2v) is 6.65. The van der Waals surface area contributed by atoms with Gasteiger partial charge >= 0.3 is 5.97 Å². The number of hydrogen-bond donors (Lipinski definition) is 0. The van der Waals surface area contributed by atoms with Crippen LogP contribution in [0, 0.1) is 17.3 Å². The van der Waals surface area contributed by atoms with E-state index in [0.29, 0.717) is 17.3 Å². The molecule has 3 nitrogen and oxygen atoms in total. The van der Waals surface area contributed by atoms with Crippen molar-refractivity contribution in [3.63, 3.8) is 0 Å². The highest BCUT2D eigenvalue weighted by Gasteiger charge is 2.44. The summed E-state index contributed by atoms with van der Waals surface area (Å²) in [5.41, 5.74) is 0.346. The molecule has 2 rings (SSSR count). The first-order chi connectivity index (χ1) is 7.93. The highest BCUT2D eigenvalue weighted by atomic mass is 16.5. The topological polar surface area (TPSA) is 29.5 Å². The van der Waals surface area contributed by atoms with E-state index < -0.39 is 0 Å². The maximum Gasteiger partial charge on any atom is 0.323 e. The van der Waals surface area contributed by atoms with Gasteiger partial charge in [-0.25, -0.2) is 0 Å². The quantitative estimate of drug-likeness (QED) is 0.708. The summed E-state index contributed by atoms with van der Waals surface area (Å²) < 4.78 is 4.97. The summed E-state index contributed by atoms with van der Waals surface area (Å²) in [7, 11) is 1.51. The average molecular weight is 239 g/mol. The number of esters is 1. The molecule has 0 aromatic heterocycles. The van der Waals surface area contributed by atoms with Crippen LogP contribution in [-0.4, -0.2) is 37.1 Å². The van der Waals surface area contributed by atoms with Gasteiger partial charge in [-0.1, -0.05) is 20.8 Å². The van der Waals surface area contributed by atoms with Crippen LogP contribution in [0.3, 0.4) is 0 Å². The van der Waals surface area contributed by atoms with Gasteiger partial charge in [0.15, 0.2) is 0 Å². The largest absolute Gasteiger partial charge is 0.468 e. The first kappa shape index (κ1) is 12.9. The van der Waals surface area contributed by atoms with Crippen LogP contribution in [-0.2, 0) is 9.53 Å². The Labute approximate surface area is 105 Å². The third kappa shape index (κ3) is 2.82. The smallest absolute Gasteiger partial charge is 0.323 e. The van der Waals surface area contributed by atoms with E-state index in [9.17, 15) is 4.79 Å². The second-order valence-electron chi connectivity index (χ2n) is 6.65. The van der Waals surface area contributed by atoms with E-state index in [2.05, 4.69) is 25.7 Å². The highest BCUT2D eigenvalue weighted by Crippen LogP contribution is 2.40. The van der Waals surface area contributed by atoms with Gasteiger partial charge in [0.1, 0.15) is 6.04 Å². The predicted molar refractivity (Wildman–Crippen MR) is 67.7 cm³/mol. The molecule has 1 heterocycles. The number of ether oxygens (including phenoxy) is 1. The molecule has 98 valence electrons. The number of rotatable bonds is 3. The zero-order chi connectivity index (χ0) is 12.6. The molecule has 2 atom stereocenters. The van der Waals surface area contributed by atoms with E-state index in [4.69, 9.17) is 4.74 Å². The van der Waals surface area contributed by atoms with Crippen molar-refractivity contribution in [2.45, 2.75) is 46.1 Å². The third-order valence-electron chi connectivity index (χ3n) is 4.35. The van der Waals surface area contributed by atoms with Crippen molar-refractivity contribution in [3.8, 4) is 0 Å². The van der Waals surface area contributed by atoms with Crippen LogP contribution < -0.4 is 0 Å². The molecule has 1 saturated heterocycles. The minimum atomic E-state index is -0.0259. The Hall–Kier alpha value is -0.570. The minimum Gasteiger partial charge on any atom is -0.468 e. The van der Waals surface area contributed by atoms with Gasteiger partial charge in [-0.05, 0) is 43.1 Å². The van der Waals surface area contributed by atoms with E-state index in [0.717, 1.165) is 13.1 Å². The predicted octanol–water partition coefficient (Wildman–Crippen LogP) is 2.31. The van der Waals surface area contributed by atoms with Crippen molar-refractivity contribution in [1.82, 2.24) is 4.90 Å². The minimum absolute atomic E-state index is 0.0259. The van der Waals surface area contributed by atoms with Crippen molar-refractivity contribution in [1.29, 1.82) is 0 Å². The Bertz CT molecular complexity index is 291. The van der Waals surface area contributed by atoms with E-state index >= 15 is 0 Å². The van der Waals surface area contributed by atoms with Gasteiger partial charge in [-0.2, -0.15) is 0 Å². The summed E-state index contributed by atoms with van der Waals surface area (Å²) in [6, 6.07) is 0.0346. The molecule has 0 amide bonds. The lowest BCUT2D eigenvalue weighted by Crippen LogP contribution is -2.42. The summed E-state index contributed by atoms with van der Waals surface area (Å²) in [6.07, 6.45) is 3.59. The lowest BCUT2D eigenvalue weighted by Gasteiger charge is -2.29. The Morgan fingerprint density at radius 1 is 1.29 bits per heavy atom. The van der Waals surface area contributed by atoms with Crippen LogP contribution in [0.2, 0.25) is 0 Å². The molecule has 1 aliphatic carbocycles. The Morgan fingerprint density at radius 2 is 1.94 bits per heavy atom. The first-order valence-corrected chi connectivity index (χ1v) is 6.75. The number of nitrogens with zero attached hydrogens (tertiary/aromatic N) is 1. The standard InChI is InChI=1S/C14H25NO2/c1-14(2,3)11-7-8-15(9-11)12(10-5-6-10)13(16)17-4/h10-12H,5-9H2,1-4H3. The maximum atomic E-state index is 11.9. The summed E-state index contributed by atoms with van der Waals surface area (Å²) in [5, 5.41) is 0. The molecule has 1 aliphatic heterocycles. The Balaban J connectivity index is 2.00. The van der Waals surface area contributed by atoms with Gasteiger partial charge in [0.2, 0.25) is 0 Å². The van der Waals surface area contributed by atoms with Crippen molar-refractivity contribution in [2.24, 2.45) is 17.3 Å². The zero-order valence-electron chi connectivity index (χ0n) is 11.5. The van der Waals surface area contributed by atoms with Gasteiger partial charge in [-0.3, -0.25) is 9.69 Å². The van der Waals surface area contributed by atoms with Crippen LogP contribution >= 0.6 is 0 Å². The lowest BCUT2D eigenvalue weighted by molar-refractivity contribution is -0.147. The van der Waals surface area contributed by atoms with E-state index in [1.54, 1.807) is 0 Å². The van der Waals surface area contributed by atoms with Crippen LogP contribution in [0.5, 0.6) is 0 Å². The van der Waals surface area contributed by atoms with Crippen molar-refractivity contribution < 1.29 is 9.53 Å². The average Bonchev–Trinajstić information content (AvgIpc) is 2.93. The number of methoxy groups -OCH3 is 1. The van der Waals surface area contributed by atoms with E-state index in [1.165, 1.54) is 26.4 Å². The molecule has 17 heavy (non-hydrogen) atoms. The molecule has 0 spiro atoms. The Kier molecular flexibility index (Phi) is 3.48. The number of likely N-dealkylation sites (tertiary alicyclic amines) is 1. The normalized spacial score (nSPS) is 28.1. The molecule has 2 unspecified atom stereocenters. The summed E-state index contributed by atoms with van der Waals surface area (Å²) in [4.78, 5) is 14.2. The molecule has 0 bridgehead atoms. The van der Waals surface area contributed by atoms with E-state index in [1.807, 2.05) is 0 Å². The summed E-state index contributed by atoms with van der Waals surface area (Å²) >= 11 is 0. The lowest BCUT2D eigenvalue weighted by atomic mass is 9.80.